The fraction of sp³-hybridized carbons (Fsp3) is 0.429. The lowest BCUT2D eigenvalue weighted by atomic mass is 9.94. The number of aliphatic hydroxyl groups excluding tert-OH is 1. The van der Waals surface area contributed by atoms with Crippen LogP contribution in [0.1, 0.15) is 48.1 Å². The molecule has 1 aromatic heterocycles. The SMILES string of the molecule is CCOC(=O)c1nc(C2(NC(=O)OCc3ccccc3)CCC(CO)C2)[nH]c(=O)c1O. The van der Waals surface area contributed by atoms with Gasteiger partial charge in [0.15, 0.2) is 5.69 Å². The van der Waals surface area contributed by atoms with Gasteiger partial charge >= 0.3 is 12.1 Å². The van der Waals surface area contributed by atoms with E-state index in [1.54, 1.807) is 6.92 Å². The Balaban J connectivity index is 1.89. The summed E-state index contributed by atoms with van der Waals surface area (Å²) in [4.78, 5) is 43.5. The molecule has 2 aromatic rings. The Kier molecular flexibility index (Phi) is 6.91. The van der Waals surface area contributed by atoms with Crippen LogP contribution in [-0.2, 0) is 21.6 Å². The largest absolute Gasteiger partial charge is 0.501 e. The first-order chi connectivity index (χ1) is 14.9. The summed E-state index contributed by atoms with van der Waals surface area (Å²) < 4.78 is 10.2. The molecule has 0 aliphatic heterocycles. The molecule has 1 aromatic carbocycles. The lowest BCUT2D eigenvalue weighted by molar-refractivity contribution is 0.0514. The number of hydrogen-bond donors (Lipinski definition) is 4. The van der Waals surface area contributed by atoms with E-state index in [0.717, 1.165) is 5.56 Å². The maximum Gasteiger partial charge on any atom is 0.408 e. The number of hydrogen-bond acceptors (Lipinski definition) is 8. The zero-order valence-electron chi connectivity index (χ0n) is 17.1. The van der Waals surface area contributed by atoms with Crippen molar-refractivity contribution < 1.29 is 29.3 Å². The smallest absolute Gasteiger partial charge is 0.408 e. The Labute approximate surface area is 178 Å². The Morgan fingerprint density at radius 3 is 2.68 bits per heavy atom. The Morgan fingerprint density at radius 1 is 1.29 bits per heavy atom. The third-order valence-electron chi connectivity index (χ3n) is 5.25. The highest BCUT2D eigenvalue weighted by Crippen LogP contribution is 2.41. The summed E-state index contributed by atoms with van der Waals surface area (Å²) in [7, 11) is 0. The van der Waals surface area contributed by atoms with Gasteiger partial charge in [-0.05, 0) is 37.7 Å². The van der Waals surface area contributed by atoms with Crippen LogP contribution in [0.25, 0.3) is 0 Å². The van der Waals surface area contributed by atoms with Crippen molar-refractivity contribution in [3.63, 3.8) is 0 Å². The average molecular weight is 431 g/mol. The monoisotopic (exact) mass is 431 g/mol. The predicted octanol–water partition coefficient (Wildman–Crippen LogP) is 1.57. The van der Waals surface area contributed by atoms with Crippen molar-refractivity contribution in [2.75, 3.05) is 13.2 Å². The molecule has 1 aliphatic carbocycles. The topological polar surface area (TPSA) is 151 Å². The molecule has 10 nitrogen and oxygen atoms in total. The van der Waals surface area contributed by atoms with Crippen molar-refractivity contribution in [1.29, 1.82) is 0 Å². The van der Waals surface area contributed by atoms with Gasteiger partial charge in [0.2, 0.25) is 5.75 Å². The summed E-state index contributed by atoms with van der Waals surface area (Å²) in [5.41, 5.74) is -1.85. The van der Waals surface area contributed by atoms with E-state index in [0.29, 0.717) is 12.8 Å². The number of aromatic hydroxyl groups is 1. The number of amides is 1. The van der Waals surface area contributed by atoms with Crippen molar-refractivity contribution in [2.45, 2.75) is 38.3 Å². The molecule has 2 unspecified atom stereocenters. The molecule has 1 saturated carbocycles. The molecular formula is C21H25N3O7. The second-order valence-corrected chi connectivity index (χ2v) is 7.39. The van der Waals surface area contributed by atoms with Crippen LogP contribution in [0.4, 0.5) is 4.79 Å². The van der Waals surface area contributed by atoms with Crippen LogP contribution in [0.3, 0.4) is 0 Å². The van der Waals surface area contributed by atoms with E-state index in [4.69, 9.17) is 9.47 Å². The number of aliphatic hydroxyl groups is 1. The van der Waals surface area contributed by atoms with E-state index in [9.17, 15) is 24.6 Å². The number of H-pyrrole nitrogens is 1. The van der Waals surface area contributed by atoms with Crippen LogP contribution in [0, 0.1) is 5.92 Å². The van der Waals surface area contributed by atoms with Crippen molar-refractivity contribution in [3.05, 3.63) is 57.8 Å². The van der Waals surface area contributed by atoms with E-state index in [1.807, 2.05) is 30.3 Å². The number of ether oxygens (including phenoxy) is 2. The van der Waals surface area contributed by atoms with Gasteiger partial charge in [0, 0.05) is 6.61 Å². The van der Waals surface area contributed by atoms with Gasteiger partial charge in [-0.25, -0.2) is 14.6 Å². The summed E-state index contributed by atoms with van der Waals surface area (Å²) in [5.74, 6) is -1.97. The van der Waals surface area contributed by atoms with E-state index >= 15 is 0 Å². The summed E-state index contributed by atoms with van der Waals surface area (Å²) in [5, 5.41) is 22.3. The van der Waals surface area contributed by atoms with Gasteiger partial charge in [-0.2, -0.15) is 0 Å². The second-order valence-electron chi connectivity index (χ2n) is 7.39. The summed E-state index contributed by atoms with van der Waals surface area (Å²) in [6.45, 7) is 1.54. The number of carbonyl (C=O) groups is 2. The first-order valence-electron chi connectivity index (χ1n) is 9.99. The fourth-order valence-corrected chi connectivity index (χ4v) is 3.68. The number of aromatic amines is 1. The Bertz CT molecular complexity index is 992. The van der Waals surface area contributed by atoms with Gasteiger partial charge in [-0.15, -0.1) is 0 Å². The van der Waals surface area contributed by atoms with Crippen molar-refractivity contribution in [2.24, 2.45) is 5.92 Å². The predicted molar refractivity (Wildman–Crippen MR) is 108 cm³/mol. The minimum absolute atomic E-state index is 0.00837. The molecule has 3 rings (SSSR count). The van der Waals surface area contributed by atoms with Crippen molar-refractivity contribution in [1.82, 2.24) is 15.3 Å². The molecule has 4 N–H and O–H groups in total. The molecule has 166 valence electrons. The van der Waals surface area contributed by atoms with Crippen molar-refractivity contribution >= 4 is 12.1 Å². The molecule has 1 aliphatic rings. The van der Waals surface area contributed by atoms with Crippen LogP contribution in [0.5, 0.6) is 5.75 Å². The van der Waals surface area contributed by atoms with Gasteiger partial charge in [0.05, 0.1) is 6.61 Å². The summed E-state index contributed by atoms with van der Waals surface area (Å²) >= 11 is 0. The van der Waals surface area contributed by atoms with Crippen LogP contribution < -0.4 is 10.9 Å². The van der Waals surface area contributed by atoms with E-state index in [-0.39, 0.29) is 38.0 Å². The third-order valence-corrected chi connectivity index (χ3v) is 5.25. The maximum absolute atomic E-state index is 12.6. The molecular weight excluding hydrogens is 406 g/mol. The highest BCUT2D eigenvalue weighted by Gasteiger charge is 2.45. The number of rotatable bonds is 7. The highest BCUT2D eigenvalue weighted by atomic mass is 16.5. The van der Waals surface area contributed by atoms with Crippen molar-refractivity contribution in [3.8, 4) is 5.75 Å². The van der Waals surface area contributed by atoms with Crippen LogP contribution >= 0.6 is 0 Å². The number of carbonyl (C=O) groups excluding carboxylic acids is 2. The van der Waals surface area contributed by atoms with Gasteiger partial charge in [0.25, 0.3) is 5.56 Å². The minimum atomic E-state index is -1.19. The zero-order chi connectivity index (χ0) is 22.4. The number of esters is 1. The summed E-state index contributed by atoms with van der Waals surface area (Å²) in [6.07, 6.45) is 0.416. The number of aromatic nitrogens is 2. The minimum Gasteiger partial charge on any atom is -0.501 e. The molecule has 1 amide bonds. The first kappa shape index (κ1) is 22.3. The zero-order valence-corrected chi connectivity index (χ0v) is 17.1. The number of nitrogens with zero attached hydrogens (tertiary/aromatic N) is 1. The number of alkyl carbamates (subject to hydrolysis) is 1. The van der Waals surface area contributed by atoms with Gasteiger partial charge in [-0.1, -0.05) is 30.3 Å². The standard InChI is InChI=1S/C21H25N3O7/c1-2-30-18(28)15-16(26)17(27)23-19(22-15)21(9-8-14(10-21)11-25)24-20(29)31-12-13-6-4-3-5-7-13/h3-7,14,25-26H,2,8-12H2,1H3,(H,24,29)(H,22,23,27). The average Bonchev–Trinajstić information content (AvgIpc) is 3.19. The van der Waals surface area contributed by atoms with Crippen LogP contribution in [0.15, 0.2) is 35.1 Å². The van der Waals surface area contributed by atoms with E-state index < -0.39 is 34.6 Å². The highest BCUT2D eigenvalue weighted by molar-refractivity contribution is 5.90. The molecule has 0 saturated heterocycles. The lowest BCUT2D eigenvalue weighted by Gasteiger charge is -2.29. The third kappa shape index (κ3) is 5.02. The fourth-order valence-electron chi connectivity index (χ4n) is 3.68. The van der Waals surface area contributed by atoms with Crippen LogP contribution in [0.2, 0.25) is 0 Å². The quantitative estimate of drug-likeness (QED) is 0.482. The Morgan fingerprint density at radius 2 is 2.03 bits per heavy atom. The molecule has 2 atom stereocenters. The normalized spacial score (nSPS) is 20.3. The molecule has 1 heterocycles. The van der Waals surface area contributed by atoms with E-state index in [2.05, 4.69) is 15.3 Å². The molecule has 0 radical (unpaired) electrons. The van der Waals surface area contributed by atoms with E-state index in [1.165, 1.54) is 0 Å². The molecule has 10 heteroatoms. The van der Waals surface area contributed by atoms with Gasteiger partial charge in [-0.3, -0.25) is 4.79 Å². The number of benzene rings is 1. The maximum atomic E-state index is 12.6. The Hall–Kier alpha value is -3.40. The lowest BCUT2D eigenvalue weighted by Crippen LogP contribution is -2.47. The molecule has 0 bridgehead atoms. The first-order valence-corrected chi connectivity index (χ1v) is 9.99. The summed E-state index contributed by atoms with van der Waals surface area (Å²) in [6, 6.07) is 9.11. The van der Waals surface area contributed by atoms with Gasteiger partial charge < -0.3 is 30.0 Å². The molecule has 1 fully saturated rings. The number of nitrogens with one attached hydrogen (secondary N) is 2. The van der Waals surface area contributed by atoms with Gasteiger partial charge in [0.1, 0.15) is 18.0 Å². The van der Waals surface area contributed by atoms with Crippen LogP contribution in [-0.4, -0.2) is 45.5 Å². The second kappa shape index (κ2) is 9.61. The molecule has 0 spiro atoms. The molecule has 31 heavy (non-hydrogen) atoms.